The van der Waals surface area contributed by atoms with Crippen LogP contribution in [0.1, 0.15) is 29.8 Å². The lowest BCUT2D eigenvalue weighted by molar-refractivity contribution is 0.0602. The van der Waals surface area contributed by atoms with E-state index in [9.17, 15) is 4.79 Å². The minimum absolute atomic E-state index is 0.401. The van der Waals surface area contributed by atoms with Crippen LogP contribution in [0, 0.1) is 0 Å². The van der Waals surface area contributed by atoms with Crippen LogP contribution in [-0.2, 0) is 20.6 Å². The van der Waals surface area contributed by atoms with Gasteiger partial charge in [-0.2, -0.15) is 5.10 Å². The Labute approximate surface area is 175 Å². The highest BCUT2D eigenvalue weighted by Gasteiger charge is 2.43. The molecule has 0 bridgehead atoms. The molecule has 0 unspecified atom stereocenters. The normalized spacial score (nSPS) is 15.3. The van der Waals surface area contributed by atoms with Gasteiger partial charge in [0.2, 0.25) is 0 Å². The molecule has 1 aliphatic heterocycles. The largest absolute Gasteiger partial charge is 0.563 e. The Bertz CT molecular complexity index is 1120. The number of aromatic nitrogens is 2. The number of hydrogen-bond acceptors (Lipinski definition) is 6. The molecule has 1 fully saturated rings. The van der Waals surface area contributed by atoms with E-state index in [1.165, 1.54) is 7.11 Å². The van der Waals surface area contributed by atoms with Crippen molar-refractivity contribution in [3.63, 3.8) is 0 Å². The molecule has 2 aromatic carbocycles. The molecule has 0 atom stereocenters. The molecule has 154 valence electrons. The number of carbonyl (C=O) groups excluding carboxylic acids is 1. The molecule has 0 amide bonds. The lowest BCUT2D eigenvalue weighted by atomic mass is 9.77. The van der Waals surface area contributed by atoms with Crippen LogP contribution >= 0.6 is 0 Å². The molecular weight excluding hydrogens is 383 g/mol. The van der Waals surface area contributed by atoms with Gasteiger partial charge < -0.3 is 18.8 Å². The van der Waals surface area contributed by atoms with Gasteiger partial charge in [0.1, 0.15) is 11.4 Å². The number of nitrogens with zero attached hydrogens (tertiary/aromatic N) is 2. The summed E-state index contributed by atoms with van der Waals surface area (Å²) in [5.41, 5.74) is 2.22. The Morgan fingerprint density at radius 2 is 1.97 bits per heavy atom. The highest BCUT2D eigenvalue weighted by molar-refractivity contribution is 6.62. The Morgan fingerprint density at radius 3 is 2.57 bits per heavy atom. The maximum atomic E-state index is 12.6. The molecule has 1 aliphatic rings. The highest BCUT2D eigenvalue weighted by atomic mass is 16.7. The molecule has 8 heteroatoms. The third kappa shape index (κ3) is 3.54. The molecule has 3 aromatic rings. The van der Waals surface area contributed by atoms with Crippen molar-refractivity contribution in [1.29, 1.82) is 0 Å². The Morgan fingerprint density at radius 1 is 1.23 bits per heavy atom. The summed E-state index contributed by atoms with van der Waals surface area (Å²) in [6.45, 7) is 8.20. The van der Waals surface area contributed by atoms with Gasteiger partial charge >= 0.3 is 13.1 Å². The summed E-state index contributed by atoms with van der Waals surface area (Å²) in [4.78, 5) is 12.6. The first-order chi connectivity index (χ1) is 14.3. The molecule has 1 saturated heterocycles. The fraction of sp³-hybridized carbons (Fsp3) is 0.273. The average Bonchev–Trinajstić information content (AvgIpc) is 3.27. The topological polar surface area (TPSA) is 71.8 Å². The number of methoxy groups -OCH3 is 2. The second kappa shape index (κ2) is 7.53. The van der Waals surface area contributed by atoms with Crippen LogP contribution in [0.5, 0.6) is 5.75 Å². The van der Waals surface area contributed by atoms with E-state index in [2.05, 4.69) is 11.7 Å². The smallest absolute Gasteiger partial charge is 0.534 e. The zero-order chi connectivity index (χ0) is 21.5. The predicted octanol–water partition coefficient (Wildman–Crippen LogP) is 2.91. The number of ether oxygens (including phenoxy) is 2. The number of rotatable bonds is 5. The van der Waals surface area contributed by atoms with E-state index >= 15 is 0 Å². The van der Waals surface area contributed by atoms with Crippen LogP contribution in [0.4, 0.5) is 0 Å². The molecule has 0 aliphatic carbocycles. The summed E-state index contributed by atoms with van der Waals surface area (Å²) in [6, 6.07) is 11.4. The van der Waals surface area contributed by atoms with Gasteiger partial charge in [-0.3, -0.25) is 4.68 Å². The van der Waals surface area contributed by atoms with Crippen LogP contribution in [0.25, 0.3) is 10.9 Å². The summed E-state index contributed by atoms with van der Waals surface area (Å²) in [5.74, 6) is 0.877. The van der Waals surface area contributed by atoms with Gasteiger partial charge in [0.15, 0.2) is 0 Å². The summed E-state index contributed by atoms with van der Waals surface area (Å²) in [7, 11) is 2.34. The van der Waals surface area contributed by atoms with E-state index in [4.69, 9.17) is 18.8 Å². The van der Waals surface area contributed by atoms with E-state index in [0.29, 0.717) is 28.8 Å². The monoisotopic (exact) mass is 406 g/mol. The molecule has 0 N–H and O–H groups in total. The van der Waals surface area contributed by atoms with Gasteiger partial charge in [-0.15, -0.1) is 0 Å². The molecule has 1 aromatic heterocycles. The van der Waals surface area contributed by atoms with Gasteiger partial charge in [0, 0.05) is 5.39 Å². The highest BCUT2D eigenvalue weighted by Crippen LogP contribution is 2.30. The second-order valence-corrected chi connectivity index (χ2v) is 7.65. The molecule has 0 radical (unpaired) electrons. The third-order valence-corrected chi connectivity index (χ3v) is 5.25. The van der Waals surface area contributed by atoms with Crippen molar-refractivity contribution in [2.75, 3.05) is 14.2 Å². The van der Waals surface area contributed by atoms with Gasteiger partial charge in [0.05, 0.1) is 43.8 Å². The van der Waals surface area contributed by atoms with Crippen LogP contribution in [-0.4, -0.2) is 42.7 Å². The SMILES string of the molecule is C=C1OB(c2cc(C(=O)OC)c3c(cnn3Cc3ccc(OC)cc3)c2)OC1(C)C. The Balaban J connectivity index is 1.75. The van der Waals surface area contributed by atoms with Gasteiger partial charge in [-0.05, 0) is 43.1 Å². The first kappa shape index (κ1) is 20.0. The first-order valence-corrected chi connectivity index (χ1v) is 9.57. The molecule has 0 saturated carbocycles. The number of esters is 1. The van der Waals surface area contributed by atoms with E-state index in [-0.39, 0.29) is 0 Å². The lowest BCUT2D eigenvalue weighted by Gasteiger charge is -2.15. The number of fused-ring (bicyclic) bond motifs is 1. The molecular formula is C22H23BN2O5. The summed E-state index contributed by atoms with van der Waals surface area (Å²) in [6.07, 6.45) is 1.73. The zero-order valence-electron chi connectivity index (χ0n) is 17.5. The van der Waals surface area contributed by atoms with Gasteiger partial charge in [0.25, 0.3) is 0 Å². The minimum Gasteiger partial charge on any atom is -0.534 e. The first-order valence-electron chi connectivity index (χ1n) is 9.57. The fourth-order valence-electron chi connectivity index (χ4n) is 3.45. The van der Waals surface area contributed by atoms with Crippen molar-refractivity contribution in [3.8, 4) is 5.75 Å². The van der Waals surface area contributed by atoms with E-state index < -0.39 is 18.7 Å². The molecule has 7 nitrogen and oxygen atoms in total. The van der Waals surface area contributed by atoms with Crippen molar-refractivity contribution in [1.82, 2.24) is 9.78 Å². The summed E-state index contributed by atoms with van der Waals surface area (Å²) < 4.78 is 23.8. The van der Waals surface area contributed by atoms with Crippen molar-refractivity contribution < 1.29 is 23.6 Å². The maximum absolute atomic E-state index is 12.6. The van der Waals surface area contributed by atoms with Crippen LogP contribution in [0.3, 0.4) is 0 Å². The summed E-state index contributed by atoms with van der Waals surface area (Å²) >= 11 is 0. The number of carbonyl (C=O) groups is 1. The second-order valence-electron chi connectivity index (χ2n) is 7.65. The minimum atomic E-state index is -0.648. The van der Waals surface area contributed by atoms with Crippen molar-refractivity contribution in [2.45, 2.75) is 26.0 Å². The zero-order valence-corrected chi connectivity index (χ0v) is 17.5. The summed E-state index contributed by atoms with van der Waals surface area (Å²) in [5, 5.41) is 5.30. The third-order valence-electron chi connectivity index (χ3n) is 5.25. The Kier molecular flexibility index (Phi) is 5.03. The molecule has 0 spiro atoms. The lowest BCUT2D eigenvalue weighted by Crippen LogP contribution is -2.35. The average molecular weight is 406 g/mol. The molecule has 30 heavy (non-hydrogen) atoms. The van der Waals surface area contributed by atoms with E-state index in [0.717, 1.165) is 16.7 Å². The fourth-order valence-corrected chi connectivity index (χ4v) is 3.45. The maximum Gasteiger partial charge on any atom is 0.563 e. The van der Waals surface area contributed by atoms with E-state index in [1.807, 2.05) is 44.2 Å². The molecule has 4 rings (SSSR count). The quantitative estimate of drug-likeness (QED) is 0.479. The standard InChI is InChI=1S/C22H23BN2O5/c1-14-22(2,3)30-23(29-14)17-10-16-12-24-25(20(16)19(11-17)21(26)28-5)13-15-6-8-18(27-4)9-7-15/h6-12H,1,13H2,2-5H3. The predicted molar refractivity (Wildman–Crippen MR) is 114 cm³/mol. The van der Waals surface area contributed by atoms with Crippen molar-refractivity contribution in [2.24, 2.45) is 0 Å². The van der Waals surface area contributed by atoms with Crippen LogP contribution in [0.2, 0.25) is 0 Å². The molecule has 2 heterocycles. The van der Waals surface area contributed by atoms with Gasteiger partial charge in [-0.25, -0.2) is 4.79 Å². The van der Waals surface area contributed by atoms with Crippen LogP contribution < -0.4 is 10.2 Å². The Hall–Kier alpha value is -3.26. The number of benzene rings is 2. The van der Waals surface area contributed by atoms with Crippen LogP contribution in [0.15, 0.2) is 54.9 Å². The van der Waals surface area contributed by atoms with Gasteiger partial charge in [-0.1, -0.05) is 24.8 Å². The number of hydrogen-bond donors (Lipinski definition) is 0. The van der Waals surface area contributed by atoms with Crippen molar-refractivity contribution in [3.05, 3.63) is 66.1 Å². The van der Waals surface area contributed by atoms with E-state index in [1.54, 1.807) is 24.1 Å². The van der Waals surface area contributed by atoms with Crippen molar-refractivity contribution >= 4 is 29.5 Å².